The second-order valence-corrected chi connectivity index (χ2v) is 8.93. The minimum Gasteiger partial charge on any atom is -0.493 e. The minimum atomic E-state index is -0.0865. The first-order valence-electron chi connectivity index (χ1n) is 11.7. The summed E-state index contributed by atoms with van der Waals surface area (Å²) >= 11 is 0. The number of benzene rings is 3. The first-order valence-corrected chi connectivity index (χ1v) is 11.7. The zero-order valence-electron chi connectivity index (χ0n) is 20.5. The molecule has 2 aliphatic heterocycles. The molecule has 0 saturated carbocycles. The van der Waals surface area contributed by atoms with Crippen LogP contribution in [-0.4, -0.2) is 38.2 Å². The Morgan fingerprint density at radius 3 is 2.57 bits per heavy atom. The fraction of sp³-hybridized carbons (Fsp3) is 0.276. The SMILES string of the molecule is COc1ccc(CCN2COc3c(cc4c(c3C)O/C(=C\c3ccccc3C)C4=O)C2)cc1OC. The Balaban J connectivity index is 1.33. The van der Waals surface area contributed by atoms with Gasteiger partial charge < -0.3 is 18.9 Å². The van der Waals surface area contributed by atoms with Crippen LogP contribution >= 0.6 is 0 Å². The number of Topliss-reactive ketones (excluding diaryl/α,β-unsaturated/α-hetero) is 1. The molecule has 0 unspecified atom stereocenters. The van der Waals surface area contributed by atoms with Crippen LogP contribution in [0.3, 0.4) is 0 Å². The zero-order valence-corrected chi connectivity index (χ0v) is 20.5. The molecule has 0 saturated heterocycles. The largest absolute Gasteiger partial charge is 0.493 e. The van der Waals surface area contributed by atoms with Gasteiger partial charge in [-0.05, 0) is 61.2 Å². The molecule has 0 atom stereocenters. The molecule has 0 bridgehead atoms. The van der Waals surface area contributed by atoms with Crippen LogP contribution in [0.1, 0.15) is 38.2 Å². The van der Waals surface area contributed by atoms with Crippen LogP contribution in [0.5, 0.6) is 23.0 Å². The topological polar surface area (TPSA) is 57.2 Å². The van der Waals surface area contributed by atoms with Gasteiger partial charge in [-0.3, -0.25) is 9.69 Å². The lowest BCUT2D eigenvalue weighted by Crippen LogP contribution is -2.34. The second kappa shape index (κ2) is 9.47. The number of hydrogen-bond acceptors (Lipinski definition) is 6. The van der Waals surface area contributed by atoms with Crippen molar-refractivity contribution >= 4 is 11.9 Å². The lowest BCUT2D eigenvalue weighted by atomic mass is 9.99. The van der Waals surface area contributed by atoms with E-state index in [0.29, 0.717) is 30.3 Å². The van der Waals surface area contributed by atoms with Crippen LogP contribution in [0.2, 0.25) is 0 Å². The van der Waals surface area contributed by atoms with Crippen molar-refractivity contribution in [1.82, 2.24) is 4.90 Å². The number of hydrogen-bond donors (Lipinski definition) is 0. The van der Waals surface area contributed by atoms with E-state index in [4.69, 9.17) is 18.9 Å². The summed E-state index contributed by atoms with van der Waals surface area (Å²) in [6.45, 7) is 5.99. The number of carbonyl (C=O) groups is 1. The van der Waals surface area contributed by atoms with Gasteiger partial charge in [0.15, 0.2) is 17.3 Å². The molecule has 0 amide bonds. The molecule has 5 rings (SSSR count). The highest BCUT2D eigenvalue weighted by Crippen LogP contribution is 2.43. The van der Waals surface area contributed by atoms with Gasteiger partial charge in [-0.25, -0.2) is 0 Å². The van der Waals surface area contributed by atoms with E-state index in [9.17, 15) is 4.79 Å². The van der Waals surface area contributed by atoms with E-state index in [2.05, 4.69) is 11.0 Å². The fourth-order valence-corrected chi connectivity index (χ4v) is 4.65. The lowest BCUT2D eigenvalue weighted by molar-refractivity contribution is 0.0953. The Hall–Kier alpha value is -3.77. The molecular formula is C29H29NO5. The number of allylic oxidation sites excluding steroid dienone is 1. The molecule has 0 N–H and O–H groups in total. The summed E-state index contributed by atoms with van der Waals surface area (Å²) in [6, 6.07) is 15.9. The molecule has 0 spiro atoms. The third kappa shape index (κ3) is 4.37. The van der Waals surface area contributed by atoms with E-state index < -0.39 is 0 Å². The van der Waals surface area contributed by atoms with Gasteiger partial charge in [-0.2, -0.15) is 0 Å². The first-order chi connectivity index (χ1) is 17.0. The van der Waals surface area contributed by atoms with Crippen molar-refractivity contribution in [3.05, 3.63) is 87.7 Å². The fourth-order valence-electron chi connectivity index (χ4n) is 4.65. The lowest BCUT2D eigenvalue weighted by Gasteiger charge is -2.30. The molecule has 3 aromatic rings. The summed E-state index contributed by atoms with van der Waals surface area (Å²) < 4.78 is 22.9. The Morgan fingerprint density at radius 2 is 1.80 bits per heavy atom. The van der Waals surface area contributed by atoms with E-state index in [-0.39, 0.29) is 5.78 Å². The molecule has 2 heterocycles. The van der Waals surface area contributed by atoms with Crippen molar-refractivity contribution in [2.24, 2.45) is 0 Å². The molecule has 35 heavy (non-hydrogen) atoms. The van der Waals surface area contributed by atoms with Gasteiger partial charge in [-0.15, -0.1) is 0 Å². The average molecular weight is 472 g/mol. The van der Waals surface area contributed by atoms with Gasteiger partial charge in [-0.1, -0.05) is 30.3 Å². The summed E-state index contributed by atoms with van der Waals surface area (Å²) in [5.74, 6) is 3.13. The smallest absolute Gasteiger partial charge is 0.231 e. The number of ether oxygens (including phenoxy) is 4. The van der Waals surface area contributed by atoms with Gasteiger partial charge >= 0.3 is 0 Å². The average Bonchev–Trinajstić information content (AvgIpc) is 3.19. The number of methoxy groups -OCH3 is 2. The maximum atomic E-state index is 13.2. The van der Waals surface area contributed by atoms with Gasteiger partial charge in [0.2, 0.25) is 5.78 Å². The van der Waals surface area contributed by atoms with Crippen LogP contribution in [0.15, 0.2) is 54.3 Å². The van der Waals surface area contributed by atoms with Gasteiger partial charge in [0.25, 0.3) is 0 Å². The minimum absolute atomic E-state index is 0.0865. The molecule has 0 aliphatic carbocycles. The highest BCUT2D eigenvalue weighted by atomic mass is 16.5. The predicted molar refractivity (Wildman–Crippen MR) is 134 cm³/mol. The summed E-state index contributed by atoms with van der Waals surface area (Å²) in [5.41, 5.74) is 5.72. The van der Waals surface area contributed by atoms with Gasteiger partial charge in [0.05, 0.1) is 19.8 Å². The maximum Gasteiger partial charge on any atom is 0.231 e. The van der Waals surface area contributed by atoms with Crippen LogP contribution in [-0.2, 0) is 13.0 Å². The third-order valence-corrected chi connectivity index (χ3v) is 6.64. The summed E-state index contributed by atoms with van der Waals surface area (Å²) in [7, 11) is 3.28. The van der Waals surface area contributed by atoms with E-state index >= 15 is 0 Å². The monoisotopic (exact) mass is 471 g/mol. The van der Waals surface area contributed by atoms with Crippen LogP contribution in [0.25, 0.3) is 6.08 Å². The van der Waals surface area contributed by atoms with Gasteiger partial charge in [0.1, 0.15) is 18.2 Å². The normalized spacial score (nSPS) is 15.9. The second-order valence-electron chi connectivity index (χ2n) is 8.93. The van der Waals surface area contributed by atoms with Crippen molar-refractivity contribution in [1.29, 1.82) is 0 Å². The van der Waals surface area contributed by atoms with Crippen molar-refractivity contribution in [3.63, 3.8) is 0 Å². The Kier molecular flexibility index (Phi) is 6.22. The number of ketones is 1. The van der Waals surface area contributed by atoms with Gasteiger partial charge in [0, 0.05) is 24.2 Å². The molecular weight excluding hydrogens is 442 g/mol. The maximum absolute atomic E-state index is 13.2. The highest BCUT2D eigenvalue weighted by Gasteiger charge is 2.33. The first kappa shape index (κ1) is 23.0. The molecule has 0 radical (unpaired) electrons. The number of fused-ring (bicyclic) bond motifs is 2. The standard InChI is InChI=1S/C29H29NO5/c1-18-7-5-6-8-21(18)15-26-27(31)23-14-22-16-30(17-34-28(22)19(2)29(23)35-26)12-11-20-9-10-24(32-3)25(13-20)33-4/h5-10,13-15H,11-12,16-17H2,1-4H3/b26-15-. The number of rotatable bonds is 6. The van der Waals surface area contributed by atoms with Crippen molar-refractivity contribution in [2.75, 3.05) is 27.5 Å². The van der Waals surface area contributed by atoms with E-state index in [1.807, 2.05) is 62.4 Å². The van der Waals surface area contributed by atoms with Crippen LogP contribution in [0, 0.1) is 13.8 Å². The molecule has 2 aliphatic rings. The number of carbonyl (C=O) groups excluding carboxylic acids is 1. The summed E-state index contributed by atoms with van der Waals surface area (Å²) in [6.07, 6.45) is 2.67. The molecule has 6 heteroatoms. The molecule has 6 nitrogen and oxygen atoms in total. The van der Waals surface area contributed by atoms with E-state index in [0.717, 1.165) is 58.0 Å². The molecule has 3 aromatic carbocycles. The van der Waals surface area contributed by atoms with Crippen LogP contribution < -0.4 is 18.9 Å². The highest BCUT2D eigenvalue weighted by molar-refractivity contribution is 6.15. The molecule has 180 valence electrons. The zero-order chi connectivity index (χ0) is 24.5. The van der Waals surface area contributed by atoms with E-state index in [1.54, 1.807) is 14.2 Å². The van der Waals surface area contributed by atoms with Crippen molar-refractivity contribution < 1.29 is 23.7 Å². The van der Waals surface area contributed by atoms with Crippen LogP contribution in [0.4, 0.5) is 0 Å². The Labute approximate surface area is 205 Å². The van der Waals surface area contributed by atoms with E-state index in [1.165, 1.54) is 0 Å². The quantitative estimate of drug-likeness (QED) is 0.453. The molecule has 0 aromatic heterocycles. The number of aryl methyl sites for hydroxylation is 1. The summed E-state index contributed by atoms with van der Waals surface area (Å²) in [5, 5.41) is 0. The Morgan fingerprint density at radius 1 is 1.00 bits per heavy atom. The van der Waals surface area contributed by atoms with Crippen molar-refractivity contribution in [3.8, 4) is 23.0 Å². The molecule has 0 fully saturated rings. The predicted octanol–water partition coefficient (Wildman–Crippen LogP) is 5.33. The summed E-state index contributed by atoms with van der Waals surface area (Å²) in [4.78, 5) is 15.4. The third-order valence-electron chi connectivity index (χ3n) is 6.64. The Bertz CT molecular complexity index is 1330. The van der Waals surface area contributed by atoms with Crippen molar-refractivity contribution in [2.45, 2.75) is 26.8 Å². The number of nitrogens with zero attached hydrogens (tertiary/aromatic N) is 1.